The number of nitrogens with zero attached hydrogens (tertiary/aromatic N) is 1. The maximum atomic E-state index is 10.9. The van der Waals surface area contributed by atoms with Crippen molar-refractivity contribution in [2.24, 2.45) is 5.73 Å². The van der Waals surface area contributed by atoms with Crippen LogP contribution < -0.4 is 21.1 Å². The first-order chi connectivity index (χ1) is 13.7. The molecule has 1 heterocycles. The van der Waals surface area contributed by atoms with Crippen LogP contribution >= 0.6 is 0 Å². The maximum absolute atomic E-state index is 10.9. The highest BCUT2D eigenvalue weighted by molar-refractivity contribution is 6.25. The highest BCUT2D eigenvalue weighted by Crippen LogP contribution is 2.20. The molecular formula is C21H28N2O6-3. The Morgan fingerprint density at radius 1 is 0.897 bits per heavy atom. The van der Waals surface area contributed by atoms with Crippen molar-refractivity contribution in [2.75, 3.05) is 13.1 Å². The van der Waals surface area contributed by atoms with Gasteiger partial charge in [0.25, 0.3) is 0 Å². The molecule has 0 unspecified atom stereocenters. The smallest absolute Gasteiger partial charge is 0.0870 e. The van der Waals surface area contributed by atoms with Crippen molar-refractivity contribution in [2.45, 2.75) is 57.0 Å². The molecule has 3 rings (SSSR count). The predicted molar refractivity (Wildman–Crippen MR) is 100 cm³/mol. The fourth-order valence-electron chi connectivity index (χ4n) is 3.05. The molecule has 0 bridgehead atoms. The van der Waals surface area contributed by atoms with Crippen molar-refractivity contribution in [3.63, 3.8) is 0 Å². The van der Waals surface area contributed by atoms with Crippen LogP contribution in [0.15, 0.2) is 30.3 Å². The third-order valence-corrected chi connectivity index (χ3v) is 4.89. The van der Waals surface area contributed by atoms with Gasteiger partial charge in [-0.05, 0) is 24.8 Å². The number of carbonyl (C=O) groups is 3. The van der Waals surface area contributed by atoms with E-state index in [9.17, 15) is 9.90 Å². The second-order valence-corrected chi connectivity index (χ2v) is 7.21. The van der Waals surface area contributed by atoms with Gasteiger partial charge in [-0.3, -0.25) is 4.90 Å². The number of carboxylic acids is 3. The second-order valence-electron chi connectivity index (χ2n) is 7.21. The Balaban J connectivity index is 0.000000287. The number of carbonyl (C=O) groups excluding carboxylic acids is 3. The summed E-state index contributed by atoms with van der Waals surface area (Å²) in [6.45, 7) is 2.27. The summed E-state index contributed by atoms with van der Waals surface area (Å²) in [5.41, 5.74) is 5.88. The zero-order chi connectivity index (χ0) is 21.7. The summed E-state index contributed by atoms with van der Waals surface area (Å²) < 4.78 is 0. The summed E-state index contributed by atoms with van der Waals surface area (Å²) in [6.07, 6.45) is 10.4. The molecule has 8 nitrogen and oxygen atoms in total. The minimum Gasteiger partial charge on any atom is -0.548 e. The van der Waals surface area contributed by atoms with Crippen LogP contribution in [0.3, 0.4) is 0 Å². The van der Waals surface area contributed by atoms with E-state index in [4.69, 9.17) is 25.5 Å². The van der Waals surface area contributed by atoms with Crippen LogP contribution in [-0.4, -0.2) is 41.4 Å². The fraction of sp³-hybridized carbons (Fsp3) is 0.524. The Kier molecular flexibility index (Phi) is 10.9. The van der Waals surface area contributed by atoms with E-state index in [0.717, 1.165) is 6.54 Å². The normalized spacial score (nSPS) is 18.2. The molecule has 0 spiro atoms. The lowest BCUT2D eigenvalue weighted by molar-refractivity contribution is -0.345. The van der Waals surface area contributed by atoms with Crippen LogP contribution in [-0.2, 0) is 20.9 Å². The number of carboxylic acid groups (broad SMARTS) is 3. The molecule has 2 N–H and O–H groups in total. The molecule has 1 radical (unpaired) electrons. The molecule has 1 saturated heterocycles. The van der Waals surface area contributed by atoms with Crippen molar-refractivity contribution in [3.8, 4) is 0 Å². The molecule has 1 aliphatic heterocycles. The third-order valence-electron chi connectivity index (χ3n) is 4.89. The third kappa shape index (κ3) is 10.0. The van der Waals surface area contributed by atoms with Crippen LogP contribution in [0, 0.1) is 6.42 Å². The molecule has 0 atom stereocenters. The van der Waals surface area contributed by atoms with Gasteiger partial charge in [0.05, 0.1) is 23.4 Å². The van der Waals surface area contributed by atoms with E-state index in [-0.39, 0.29) is 0 Å². The molecule has 1 aliphatic carbocycles. The van der Waals surface area contributed by atoms with E-state index >= 15 is 0 Å². The Bertz CT molecular complexity index is 614. The summed E-state index contributed by atoms with van der Waals surface area (Å²) in [7, 11) is 0. The molecule has 29 heavy (non-hydrogen) atoms. The molecule has 1 aromatic rings. The lowest BCUT2D eigenvalue weighted by Gasteiger charge is -2.39. The summed E-state index contributed by atoms with van der Waals surface area (Å²) >= 11 is 0. The average Bonchev–Trinajstić information content (AvgIpc) is 2.73. The number of benzene rings is 1. The highest BCUT2D eigenvalue weighted by atomic mass is 16.4. The average molecular weight is 404 g/mol. The molecule has 0 aromatic heterocycles. The number of aliphatic carboxylic acids is 3. The first-order valence-corrected chi connectivity index (χ1v) is 9.75. The van der Waals surface area contributed by atoms with Crippen molar-refractivity contribution in [1.82, 2.24) is 4.90 Å². The molecule has 1 aromatic carbocycles. The minimum atomic E-state index is -2.19. The SMILES string of the molecule is NC1(C(=O)[O-])CCN(Cc2ccccc2)CC1.O=C([O-])C(=O)[O-].[CH]1CCCCC1. The number of hydrogen-bond acceptors (Lipinski definition) is 8. The van der Waals surface area contributed by atoms with Crippen LogP contribution in [0.2, 0.25) is 0 Å². The molecule has 8 heteroatoms. The van der Waals surface area contributed by atoms with Crippen LogP contribution in [0.25, 0.3) is 0 Å². The van der Waals surface area contributed by atoms with Crippen molar-refractivity contribution < 1.29 is 29.7 Å². The molecular weight excluding hydrogens is 376 g/mol. The Morgan fingerprint density at radius 2 is 1.41 bits per heavy atom. The van der Waals surface area contributed by atoms with Gasteiger partial charge >= 0.3 is 0 Å². The fourth-order valence-corrected chi connectivity index (χ4v) is 3.05. The standard InChI is InChI=1S/C13H18N2O2.C6H11.C2H2O4/c14-13(12(16)17)6-8-15(9-7-13)10-11-4-2-1-3-5-11;1-2-4-6-5-3-1;3-1(4)2(5)6/h1-5H,6-10,14H2,(H,16,17);1H,2-6H2;(H,3,4)(H,5,6)/p-3. The van der Waals surface area contributed by atoms with E-state index in [2.05, 4.69) is 23.5 Å². The van der Waals surface area contributed by atoms with E-state index in [1.54, 1.807) is 0 Å². The summed E-state index contributed by atoms with van der Waals surface area (Å²) in [6, 6.07) is 10.1. The minimum absolute atomic E-state index is 0.460. The predicted octanol–water partition coefficient (Wildman–Crippen LogP) is -1.63. The number of rotatable bonds is 3. The van der Waals surface area contributed by atoms with Crippen LogP contribution in [0.5, 0.6) is 0 Å². The first-order valence-electron chi connectivity index (χ1n) is 9.75. The Hall–Kier alpha value is -2.45. The number of likely N-dealkylation sites (tertiary alicyclic amines) is 1. The molecule has 2 fully saturated rings. The quantitative estimate of drug-likeness (QED) is 0.590. The monoisotopic (exact) mass is 404 g/mol. The second kappa shape index (κ2) is 12.9. The van der Waals surface area contributed by atoms with Gasteiger partial charge < -0.3 is 35.4 Å². The van der Waals surface area contributed by atoms with E-state index in [1.165, 1.54) is 37.7 Å². The number of hydrogen-bond donors (Lipinski definition) is 1. The summed E-state index contributed by atoms with van der Waals surface area (Å²) in [4.78, 5) is 31.0. The van der Waals surface area contributed by atoms with Gasteiger partial charge in [0, 0.05) is 19.6 Å². The van der Waals surface area contributed by atoms with Crippen LogP contribution in [0.1, 0.15) is 50.5 Å². The van der Waals surface area contributed by atoms with E-state index < -0.39 is 23.4 Å². The van der Waals surface area contributed by atoms with Gasteiger partial charge in [0.1, 0.15) is 0 Å². The summed E-state index contributed by atoms with van der Waals surface area (Å²) in [5, 5.41) is 28.7. The van der Waals surface area contributed by atoms with Crippen molar-refractivity contribution >= 4 is 17.9 Å². The van der Waals surface area contributed by atoms with Gasteiger partial charge in [0.2, 0.25) is 0 Å². The van der Waals surface area contributed by atoms with E-state index in [0.29, 0.717) is 25.9 Å². The van der Waals surface area contributed by atoms with Crippen molar-refractivity contribution in [1.29, 1.82) is 0 Å². The van der Waals surface area contributed by atoms with Gasteiger partial charge in [-0.15, -0.1) is 0 Å². The Labute approximate surface area is 171 Å². The van der Waals surface area contributed by atoms with Gasteiger partial charge in [-0.25, -0.2) is 0 Å². The van der Waals surface area contributed by atoms with Gasteiger partial charge in [-0.1, -0.05) is 62.4 Å². The Morgan fingerprint density at radius 3 is 1.76 bits per heavy atom. The van der Waals surface area contributed by atoms with Gasteiger partial charge in [0.15, 0.2) is 0 Å². The molecule has 0 amide bonds. The van der Waals surface area contributed by atoms with E-state index in [1.807, 2.05) is 18.2 Å². The lowest BCUT2D eigenvalue weighted by atomic mass is 9.88. The topological polar surface area (TPSA) is 150 Å². The zero-order valence-electron chi connectivity index (χ0n) is 16.5. The number of nitrogens with two attached hydrogens (primary N) is 1. The summed E-state index contributed by atoms with van der Waals surface area (Å²) in [5.74, 6) is -5.50. The number of piperidine rings is 1. The maximum Gasteiger partial charge on any atom is 0.0870 e. The largest absolute Gasteiger partial charge is 0.548 e. The molecule has 2 aliphatic rings. The van der Waals surface area contributed by atoms with Crippen molar-refractivity contribution in [3.05, 3.63) is 42.3 Å². The van der Waals surface area contributed by atoms with Crippen LogP contribution in [0.4, 0.5) is 0 Å². The lowest BCUT2D eigenvalue weighted by Crippen LogP contribution is -2.60. The molecule has 1 saturated carbocycles. The highest BCUT2D eigenvalue weighted by Gasteiger charge is 2.31. The first kappa shape index (κ1) is 24.6. The zero-order valence-corrected chi connectivity index (χ0v) is 16.5. The molecule has 161 valence electrons. The van der Waals surface area contributed by atoms with Gasteiger partial charge in [-0.2, -0.15) is 0 Å².